The van der Waals surface area contributed by atoms with E-state index in [0.29, 0.717) is 12.1 Å². The maximum absolute atomic E-state index is 12.6. The van der Waals surface area contributed by atoms with Gasteiger partial charge in [-0.1, -0.05) is 48.5 Å². The molecule has 0 fully saturated rings. The van der Waals surface area contributed by atoms with E-state index in [9.17, 15) is 4.79 Å². The maximum atomic E-state index is 12.6. The van der Waals surface area contributed by atoms with Crippen LogP contribution in [0.2, 0.25) is 0 Å². The first-order valence-corrected chi connectivity index (χ1v) is 8.31. The summed E-state index contributed by atoms with van der Waals surface area (Å²) in [5.74, 6) is -0.124. The van der Waals surface area contributed by atoms with Gasteiger partial charge in [0.1, 0.15) is 0 Å². The Morgan fingerprint density at radius 2 is 1.76 bits per heavy atom. The Kier molecular flexibility index (Phi) is 5.14. The van der Waals surface area contributed by atoms with E-state index < -0.39 is 0 Å². The van der Waals surface area contributed by atoms with Crippen LogP contribution in [0.3, 0.4) is 0 Å². The van der Waals surface area contributed by atoms with Gasteiger partial charge in [-0.15, -0.1) is 0 Å². The predicted molar refractivity (Wildman–Crippen MR) is 101 cm³/mol. The van der Waals surface area contributed by atoms with E-state index in [1.54, 1.807) is 6.20 Å². The number of likely N-dealkylation sites (N-methyl/N-ethyl adjacent to an activating group) is 1. The first-order chi connectivity index (χ1) is 12.2. The van der Waals surface area contributed by atoms with Crippen LogP contribution in [-0.4, -0.2) is 35.7 Å². The van der Waals surface area contributed by atoms with Crippen LogP contribution in [0, 0.1) is 0 Å². The molecule has 5 nitrogen and oxygen atoms in total. The van der Waals surface area contributed by atoms with Crippen molar-refractivity contribution in [3.63, 3.8) is 0 Å². The summed E-state index contributed by atoms with van der Waals surface area (Å²) in [5.41, 5.74) is 3.36. The largest absolute Gasteiger partial charge is 0.370 e. The highest BCUT2D eigenvalue weighted by Crippen LogP contribution is 2.20. The second kappa shape index (κ2) is 7.66. The lowest BCUT2D eigenvalue weighted by Crippen LogP contribution is -2.40. The van der Waals surface area contributed by atoms with Gasteiger partial charge in [-0.3, -0.25) is 9.89 Å². The number of hydrogen-bond donors (Lipinski definition) is 2. The number of benzene rings is 2. The van der Waals surface area contributed by atoms with E-state index in [4.69, 9.17) is 0 Å². The second-order valence-electron chi connectivity index (χ2n) is 6.03. The van der Waals surface area contributed by atoms with Crippen molar-refractivity contribution in [2.45, 2.75) is 13.0 Å². The average molecular weight is 334 g/mol. The van der Waals surface area contributed by atoms with Crippen molar-refractivity contribution in [2.75, 3.05) is 18.5 Å². The number of H-pyrrole nitrogens is 1. The fourth-order valence-electron chi connectivity index (χ4n) is 2.67. The number of carbonyl (C=O) groups excluding carboxylic acids is 1. The summed E-state index contributed by atoms with van der Waals surface area (Å²) in [5, 5.41) is 9.96. The highest BCUT2D eigenvalue weighted by Gasteiger charge is 2.17. The van der Waals surface area contributed by atoms with Crippen LogP contribution < -0.4 is 10.2 Å². The number of nitrogens with one attached hydrogen (secondary N) is 2. The van der Waals surface area contributed by atoms with Crippen LogP contribution in [0.4, 0.5) is 5.69 Å². The molecule has 0 saturated carbocycles. The molecule has 0 spiro atoms. The average Bonchev–Trinajstić information content (AvgIpc) is 3.16. The molecular weight excluding hydrogens is 312 g/mol. The summed E-state index contributed by atoms with van der Waals surface area (Å²) in [6.45, 7) is 2.63. The monoisotopic (exact) mass is 334 g/mol. The Balaban J connectivity index is 1.65. The number of anilines is 1. The van der Waals surface area contributed by atoms with Gasteiger partial charge in [0.25, 0.3) is 5.91 Å². The van der Waals surface area contributed by atoms with Gasteiger partial charge in [0.05, 0.1) is 17.5 Å². The SMILES string of the molecule is C[C@@H](CNC(=O)c1cn[nH]c1-c1ccccc1)N(C)c1ccccc1. The summed E-state index contributed by atoms with van der Waals surface area (Å²) in [6, 6.07) is 20.0. The third-order valence-electron chi connectivity index (χ3n) is 4.33. The van der Waals surface area contributed by atoms with Crippen molar-refractivity contribution in [3.8, 4) is 11.3 Å². The molecule has 128 valence electrons. The lowest BCUT2D eigenvalue weighted by Gasteiger charge is -2.27. The molecule has 0 saturated heterocycles. The number of aromatic amines is 1. The lowest BCUT2D eigenvalue weighted by molar-refractivity contribution is 0.0952. The van der Waals surface area contributed by atoms with Crippen molar-refractivity contribution in [3.05, 3.63) is 72.4 Å². The van der Waals surface area contributed by atoms with Crippen molar-refractivity contribution in [1.29, 1.82) is 0 Å². The molecule has 0 radical (unpaired) electrons. The molecule has 1 atom stereocenters. The first-order valence-electron chi connectivity index (χ1n) is 8.31. The van der Waals surface area contributed by atoms with Gasteiger partial charge >= 0.3 is 0 Å². The zero-order valence-corrected chi connectivity index (χ0v) is 14.4. The number of aromatic nitrogens is 2. The molecule has 3 aromatic rings. The van der Waals surface area contributed by atoms with Crippen LogP contribution in [0.1, 0.15) is 17.3 Å². The second-order valence-corrected chi connectivity index (χ2v) is 6.03. The van der Waals surface area contributed by atoms with E-state index in [1.807, 2.05) is 55.6 Å². The summed E-state index contributed by atoms with van der Waals surface area (Å²) in [6.07, 6.45) is 1.57. The molecule has 2 N–H and O–H groups in total. The molecule has 3 rings (SSSR count). The van der Waals surface area contributed by atoms with Crippen molar-refractivity contribution >= 4 is 11.6 Å². The molecule has 0 aliphatic carbocycles. The molecule has 0 unspecified atom stereocenters. The van der Waals surface area contributed by atoms with Gasteiger partial charge in [-0.2, -0.15) is 5.10 Å². The van der Waals surface area contributed by atoms with Crippen LogP contribution in [-0.2, 0) is 0 Å². The molecule has 25 heavy (non-hydrogen) atoms. The standard InChI is InChI=1S/C20H22N4O/c1-15(24(2)17-11-7-4-8-12-17)13-21-20(25)18-14-22-23-19(18)16-9-5-3-6-10-16/h3-12,14-15H,13H2,1-2H3,(H,21,25)(H,22,23)/t15-/m0/s1. The third kappa shape index (κ3) is 3.88. The van der Waals surface area contributed by atoms with Crippen LogP contribution >= 0.6 is 0 Å². The maximum Gasteiger partial charge on any atom is 0.255 e. The van der Waals surface area contributed by atoms with Gasteiger partial charge in [-0.05, 0) is 19.1 Å². The number of carbonyl (C=O) groups is 1. The summed E-state index contributed by atoms with van der Waals surface area (Å²) >= 11 is 0. The van der Waals surface area contributed by atoms with E-state index in [2.05, 4.69) is 39.5 Å². The fourth-order valence-corrected chi connectivity index (χ4v) is 2.67. The number of hydrogen-bond acceptors (Lipinski definition) is 3. The number of amides is 1. The number of nitrogens with zero attached hydrogens (tertiary/aromatic N) is 2. The van der Waals surface area contributed by atoms with Gasteiger partial charge in [0.15, 0.2) is 0 Å². The topological polar surface area (TPSA) is 61.0 Å². The fraction of sp³-hybridized carbons (Fsp3) is 0.200. The Labute approximate surface area is 147 Å². The van der Waals surface area contributed by atoms with Crippen molar-refractivity contribution in [2.24, 2.45) is 0 Å². The Morgan fingerprint density at radius 1 is 1.12 bits per heavy atom. The quantitative estimate of drug-likeness (QED) is 0.727. The van der Waals surface area contributed by atoms with E-state index >= 15 is 0 Å². The summed E-state index contributed by atoms with van der Waals surface area (Å²) < 4.78 is 0. The Hall–Kier alpha value is -3.08. The Morgan fingerprint density at radius 3 is 2.44 bits per heavy atom. The molecule has 1 aromatic heterocycles. The van der Waals surface area contributed by atoms with Gasteiger partial charge < -0.3 is 10.2 Å². The van der Waals surface area contributed by atoms with Crippen LogP contribution in [0.5, 0.6) is 0 Å². The van der Waals surface area contributed by atoms with E-state index in [1.165, 1.54) is 0 Å². The smallest absolute Gasteiger partial charge is 0.255 e. The molecular formula is C20H22N4O. The molecule has 5 heteroatoms. The van der Waals surface area contributed by atoms with Gasteiger partial charge in [0, 0.05) is 30.9 Å². The highest BCUT2D eigenvalue weighted by molar-refractivity contribution is 5.99. The van der Waals surface area contributed by atoms with Crippen LogP contribution in [0.15, 0.2) is 66.9 Å². The van der Waals surface area contributed by atoms with E-state index in [-0.39, 0.29) is 11.9 Å². The molecule has 0 bridgehead atoms. The minimum atomic E-state index is -0.124. The summed E-state index contributed by atoms with van der Waals surface area (Å²) in [4.78, 5) is 14.7. The molecule has 0 aliphatic rings. The molecule has 0 aliphatic heterocycles. The first kappa shape index (κ1) is 16.8. The number of rotatable bonds is 6. The molecule has 1 amide bonds. The zero-order chi connectivity index (χ0) is 17.6. The minimum absolute atomic E-state index is 0.124. The summed E-state index contributed by atoms with van der Waals surface area (Å²) in [7, 11) is 2.03. The zero-order valence-electron chi connectivity index (χ0n) is 14.4. The Bertz CT molecular complexity index is 814. The lowest BCUT2D eigenvalue weighted by atomic mass is 10.1. The predicted octanol–water partition coefficient (Wildman–Crippen LogP) is 3.33. The van der Waals surface area contributed by atoms with Crippen LogP contribution in [0.25, 0.3) is 11.3 Å². The van der Waals surface area contributed by atoms with Crippen molar-refractivity contribution < 1.29 is 4.79 Å². The number of para-hydroxylation sites is 1. The molecule has 2 aromatic carbocycles. The van der Waals surface area contributed by atoms with Gasteiger partial charge in [0.2, 0.25) is 0 Å². The molecule has 1 heterocycles. The minimum Gasteiger partial charge on any atom is -0.370 e. The van der Waals surface area contributed by atoms with E-state index in [0.717, 1.165) is 16.9 Å². The third-order valence-corrected chi connectivity index (χ3v) is 4.33. The highest BCUT2D eigenvalue weighted by atomic mass is 16.1. The van der Waals surface area contributed by atoms with Crippen molar-refractivity contribution in [1.82, 2.24) is 15.5 Å². The normalized spacial score (nSPS) is 11.8. The van der Waals surface area contributed by atoms with Gasteiger partial charge in [-0.25, -0.2) is 0 Å².